The molecule has 0 unspecified atom stereocenters. The third-order valence-corrected chi connectivity index (χ3v) is 1.93. The molecule has 0 fully saturated rings. The molecule has 0 aromatic heterocycles. The quantitative estimate of drug-likeness (QED) is 0.701. The molecule has 0 radical (unpaired) electrons. The van der Waals surface area contributed by atoms with E-state index in [0.717, 1.165) is 0 Å². The minimum absolute atomic E-state index is 0.131. The predicted molar refractivity (Wildman–Crippen MR) is 51.9 cm³/mol. The Bertz CT molecular complexity index is 325. The van der Waals surface area contributed by atoms with Crippen LogP contribution in [0.4, 0.5) is 0 Å². The van der Waals surface area contributed by atoms with Crippen molar-refractivity contribution < 1.29 is 14.6 Å². The Kier molecular flexibility index (Phi) is 3.48. The molecule has 4 heteroatoms. The van der Waals surface area contributed by atoms with E-state index < -0.39 is 6.04 Å². The first-order valence-electron chi connectivity index (χ1n) is 4.23. The van der Waals surface area contributed by atoms with E-state index in [1.807, 2.05) is 0 Å². The Morgan fingerprint density at radius 3 is 2.79 bits per heavy atom. The summed E-state index contributed by atoms with van der Waals surface area (Å²) in [5.74, 6) is -0.246. The van der Waals surface area contributed by atoms with Crippen LogP contribution in [0.5, 0.6) is 5.75 Å². The zero-order chi connectivity index (χ0) is 10.6. The number of ether oxygens (including phenoxy) is 1. The number of carbonyl (C=O) groups is 1. The van der Waals surface area contributed by atoms with Crippen LogP contribution in [-0.2, 0) is 9.53 Å². The Balaban J connectivity index is 2.94. The molecule has 0 heterocycles. The molecule has 76 valence electrons. The normalized spacial score (nSPS) is 12.1. The molecular weight excluding hydrogens is 182 g/mol. The first-order chi connectivity index (χ1) is 6.69. The van der Waals surface area contributed by atoms with Crippen LogP contribution in [-0.4, -0.2) is 25.2 Å². The number of rotatable bonds is 3. The minimum atomic E-state index is -0.535. The number of benzene rings is 1. The maximum Gasteiger partial charge on any atom is 0.327 e. The third-order valence-electron chi connectivity index (χ3n) is 1.93. The van der Waals surface area contributed by atoms with Gasteiger partial charge in [0.2, 0.25) is 0 Å². The maximum atomic E-state index is 11.3. The van der Waals surface area contributed by atoms with E-state index in [0.29, 0.717) is 5.56 Å². The van der Waals surface area contributed by atoms with Gasteiger partial charge in [0.15, 0.2) is 0 Å². The molecule has 0 spiro atoms. The molecule has 0 aliphatic carbocycles. The second-order valence-electron chi connectivity index (χ2n) is 2.84. The van der Waals surface area contributed by atoms with E-state index >= 15 is 0 Å². The van der Waals surface area contributed by atoms with Gasteiger partial charge in [-0.3, -0.25) is 0 Å². The number of phenolic OH excluding ortho intramolecular Hbond substituents is 1. The number of methoxy groups -OCH3 is 1. The average molecular weight is 195 g/mol. The second kappa shape index (κ2) is 4.62. The van der Waals surface area contributed by atoms with E-state index in [1.165, 1.54) is 13.2 Å². The van der Waals surface area contributed by atoms with Crippen molar-refractivity contribution >= 4 is 5.97 Å². The SMILES string of the molecule is CN[C@H](C(=O)OC)c1cccc(O)c1. The van der Waals surface area contributed by atoms with Crippen molar-refractivity contribution in [1.29, 1.82) is 0 Å². The van der Waals surface area contributed by atoms with Crippen LogP contribution in [0.1, 0.15) is 11.6 Å². The highest BCUT2D eigenvalue weighted by Gasteiger charge is 2.18. The molecule has 0 aliphatic rings. The Hall–Kier alpha value is -1.55. The Labute approximate surface area is 82.5 Å². The lowest BCUT2D eigenvalue weighted by molar-refractivity contribution is -0.143. The van der Waals surface area contributed by atoms with Crippen LogP contribution in [0.15, 0.2) is 24.3 Å². The summed E-state index contributed by atoms with van der Waals surface area (Å²) in [5.41, 5.74) is 0.680. The molecule has 0 saturated carbocycles. The highest BCUT2D eigenvalue weighted by atomic mass is 16.5. The van der Waals surface area contributed by atoms with Crippen LogP contribution >= 0.6 is 0 Å². The molecule has 1 aromatic carbocycles. The van der Waals surface area contributed by atoms with Gasteiger partial charge in [0.25, 0.3) is 0 Å². The van der Waals surface area contributed by atoms with Gasteiger partial charge in [0, 0.05) is 0 Å². The summed E-state index contributed by atoms with van der Waals surface area (Å²) in [6, 6.07) is 5.97. The van der Waals surface area contributed by atoms with Gasteiger partial charge >= 0.3 is 5.97 Å². The minimum Gasteiger partial charge on any atom is -0.508 e. The van der Waals surface area contributed by atoms with Crippen molar-refractivity contribution in [1.82, 2.24) is 5.32 Å². The molecule has 0 bridgehead atoms. The first kappa shape index (κ1) is 10.5. The standard InChI is InChI=1S/C10H13NO3/c1-11-9(10(13)14-2)7-4-3-5-8(12)6-7/h3-6,9,11-12H,1-2H3/t9-/m0/s1. The van der Waals surface area contributed by atoms with Gasteiger partial charge in [-0.1, -0.05) is 12.1 Å². The molecule has 1 rings (SSSR count). The van der Waals surface area contributed by atoms with Crippen molar-refractivity contribution in [3.8, 4) is 5.75 Å². The Morgan fingerprint density at radius 1 is 1.57 bits per heavy atom. The smallest absolute Gasteiger partial charge is 0.327 e. The second-order valence-corrected chi connectivity index (χ2v) is 2.84. The fraction of sp³-hybridized carbons (Fsp3) is 0.300. The van der Waals surface area contributed by atoms with E-state index in [9.17, 15) is 9.90 Å². The average Bonchev–Trinajstić information content (AvgIpc) is 2.19. The monoisotopic (exact) mass is 195 g/mol. The van der Waals surface area contributed by atoms with E-state index in [-0.39, 0.29) is 11.7 Å². The predicted octanol–water partition coefficient (Wildman–Crippen LogP) is 0.826. The van der Waals surface area contributed by atoms with Gasteiger partial charge in [0.05, 0.1) is 7.11 Å². The summed E-state index contributed by atoms with van der Waals surface area (Å²) < 4.78 is 4.61. The van der Waals surface area contributed by atoms with Crippen molar-refractivity contribution in [2.24, 2.45) is 0 Å². The first-order valence-corrected chi connectivity index (χ1v) is 4.23. The number of hydrogen-bond donors (Lipinski definition) is 2. The summed E-state index contributed by atoms with van der Waals surface area (Å²) in [7, 11) is 2.99. The van der Waals surface area contributed by atoms with Crippen molar-refractivity contribution in [3.63, 3.8) is 0 Å². The van der Waals surface area contributed by atoms with Crippen molar-refractivity contribution in [2.45, 2.75) is 6.04 Å². The number of aromatic hydroxyl groups is 1. The largest absolute Gasteiger partial charge is 0.508 e. The molecule has 14 heavy (non-hydrogen) atoms. The van der Waals surface area contributed by atoms with Gasteiger partial charge < -0.3 is 15.2 Å². The number of esters is 1. The summed E-state index contributed by atoms with van der Waals surface area (Å²) in [5, 5.41) is 12.0. The van der Waals surface area contributed by atoms with Crippen LogP contribution in [0.3, 0.4) is 0 Å². The van der Waals surface area contributed by atoms with E-state index in [2.05, 4.69) is 10.1 Å². The van der Waals surface area contributed by atoms with E-state index in [1.54, 1.807) is 25.2 Å². The molecule has 0 aliphatic heterocycles. The van der Waals surface area contributed by atoms with E-state index in [4.69, 9.17) is 0 Å². The number of phenols is 1. The Morgan fingerprint density at radius 2 is 2.29 bits per heavy atom. The molecule has 1 aromatic rings. The molecule has 4 nitrogen and oxygen atoms in total. The maximum absolute atomic E-state index is 11.3. The van der Waals surface area contributed by atoms with Crippen LogP contribution < -0.4 is 5.32 Å². The molecule has 0 amide bonds. The number of hydrogen-bond acceptors (Lipinski definition) is 4. The molecule has 2 N–H and O–H groups in total. The van der Waals surface area contributed by atoms with Crippen LogP contribution in [0, 0.1) is 0 Å². The fourth-order valence-electron chi connectivity index (χ4n) is 1.24. The molecular formula is C10H13NO3. The summed E-state index contributed by atoms with van der Waals surface area (Å²) in [6.45, 7) is 0. The zero-order valence-corrected chi connectivity index (χ0v) is 8.15. The number of carbonyl (C=O) groups excluding carboxylic acids is 1. The van der Waals surface area contributed by atoms with Crippen LogP contribution in [0.2, 0.25) is 0 Å². The van der Waals surface area contributed by atoms with Gasteiger partial charge in [-0.25, -0.2) is 4.79 Å². The van der Waals surface area contributed by atoms with Gasteiger partial charge in [-0.05, 0) is 24.7 Å². The van der Waals surface area contributed by atoms with Crippen molar-refractivity contribution in [2.75, 3.05) is 14.2 Å². The highest BCUT2D eigenvalue weighted by molar-refractivity contribution is 5.77. The van der Waals surface area contributed by atoms with Gasteiger partial charge in [-0.2, -0.15) is 0 Å². The van der Waals surface area contributed by atoms with Crippen molar-refractivity contribution in [3.05, 3.63) is 29.8 Å². The lowest BCUT2D eigenvalue weighted by Crippen LogP contribution is -2.26. The van der Waals surface area contributed by atoms with Gasteiger partial charge in [-0.15, -0.1) is 0 Å². The lowest BCUT2D eigenvalue weighted by Gasteiger charge is -2.13. The number of likely N-dealkylation sites (N-methyl/N-ethyl adjacent to an activating group) is 1. The summed E-state index contributed by atoms with van der Waals surface area (Å²) in [4.78, 5) is 11.3. The number of nitrogens with one attached hydrogen (secondary N) is 1. The third kappa shape index (κ3) is 2.23. The lowest BCUT2D eigenvalue weighted by atomic mass is 10.1. The molecule has 1 atom stereocenters. The zero-order valence-electron chi connectivity index (χ0n) is 8.15. The summed E-state index contributed by atoms with van der Waals surface area (Å²) >= 11 is 0. The van der Waals surface area contributed by atoms with Crippen LogP contribution in [0.25, 0.3) is 0 Å². The highest BCUT2D eigenvalue weighted by Crippen LogP contribution is 2.18. The topological polar surface area (TPSA) is 58.6 Å². The fourth-order valence-corrected chi connectivity index (χ4v) is 1.24. The molecule has 0 saturated heterocycles. The van der Waals surface area contributed by atoms with Gasteiger partial charge in [0.1, 0.15) is 11.8 Å². The summed E-state index contributed by atoms with van der Waals surface area (Å²) in [6.07, 6.45) is 0.